The van der Waals surface area contributed by atoms with Crippen molar-refractivity contribution in [3.05, 3.63) is 11.4 Å². The number of rotatable bonds is 10. The van der Waals surface area contributed by atoms with E-state index < -0.39 is 0 Å². The maximum atomic E-state index is 5.69. The lowest BCUT2D eigenvalue weighted by Gasteiger charge is -2.13. The van der Waals surface area contributed by atoms with Gasteiger partial charge in [-0.15, -0.1) is 11.6 Å². The topological polar surface area (TPSA) is 37.8 Å². The minimum atomic E-state index is 0.456. The van der Waals surface area contributed by atoms with Crippen molar-refractivity contribution in [1.29, 1.82) is 0 Å². The molecular weight excluding hydrogens is 302 g/mol. The SMILES string of the molecule is CCCCCCC.CNCC(CCCCl)c1nsnc1C. The predicted molar refractivity (Wildman–Crippen MR) is 95.7 cm³/mol. The zero-order valence-electron chi connectivity index (χ0n) is 14.1. The van der Waals surface area contributed by atoms with Gasteiger partial charge in [0.25, 0.3) is 0 Å². The molecule has 0 amide bonds. The fourth-order valence-corrected chi connectivity index (χ4v) is 2.97. The maximum absolute atomic E-state index is 5.69. The molecule has 0 aliphatic heterocycles. The van der Waals surface area contributed by atoms with E-state index >= 15 is 0 Å². The molecule has 1 N–H and O–H groups in total. The maximum Gasteiger partial charge on any atom is 0.0815 e. The predicted octanol–water partition coefficient (Wildman–Crippen LogP) is 5.15. The van der Waals surface area contributed by atoms with Crippen LogP contribution in [-0.2, 0) is 0 Å². The number of likely N-dealkylation sites (N-methyl/N-ethyl adjacent to an activating group) is 1. The lowest BCUT2D eigenvalue weighted by atomic mass is 9.98. The van der Waals surface area contributed by atoms with Crippen molar-refractivity contribution in [2.24, 2.45) is 0 Å². The van der Waals surface area contributed by atoms with Crippen LogP contribution in [0, 0.1) is 6.92 Å². The number of nitrogens with one attached hydrogen (secondary N) is 1. The van der Waals surface area contributed by atoms with Gasteiger partial charge in [0.15, 0.2) is 0 Å². The minimum Gasteiger partial charge on any atom is -0.319 e. The summed E-state index contributed by atoms with van der Waals surface area (Å²) in [5, 5.41) is 3.19. The summed E-state index contributed by atoms with van der Waals surface area (Å²) in [6, 6.07) is 0. The fourth-order valence-electron chi connectivity index (χ4n) is 2.19. The van der Waals surface area contributed by atoms with Crippen LogP contribution < -0.4 is 5.32 Å². The van der Waals surface area contributed by atoms with Gasteiger partial charge < -0.3 is 5.32 Å². The van der Waals surface area contributed by atoms with E-state index in [1.807, 2.05) is 14.0 Å². The first-order chi connectivity index (χ1) is 10.2. The monoisotopic (exact) mass is 333 g/mol. The Kier molecular flexibility index (Phi) is 14.6. The average molecular weight is 334 g/mol. The van der Waals surface area contributed by atoms with Gasteiger partial charge in [-0.05, 0) is 26.8 Å². The van der Waals surface area contributed by atoms with Crippen molar-refractivity contribution < 1.29 is 0 Å². The van der Waals surface area contributed by atoms with Crippen LogP contribution in [0.3, 0.4) is 0 Å². The summed E-state index contributed by atoms with van der Waals surface area (Å²) in [4.78, 5) is 0. The van der Waals surface area contributed by atoms with Gasteiger partial charge in [-0.1, -0.05) is 46.0 Å². The molecule has 0 radical (unpaired) electrons. The molecular formula is C16H32ClN3S. The second kappa shape index (κ2) is 14.7. The first-order valence-corrected chi connectivity index (χ1v) is 9.47. The van der Waals surface area contributed by atoms with E-state index in [1.165, 1.54) is 43.8 Å². The van der Waals surface area contributed by atoms with E-state index in [-0.39, 0.29) is 0 Å². The number of nitrogens with zero attached hydrogens (tertiary/aromatic N) is 2. The molecule has 1 aromatic heterocycles. The first kappa shape index (κ1) is 20.8. The Bertz CT molecular complexity index is 327. The summed E-state index contributed by atoms with van der Waals surface area (Å²) in [5.74, 6) is 1.18. The van der Waals surface area contributed by atoms with E-state index in [0.29, 0.717) is 5.92 Å². The molecule has 1 heterocycles. The Balaban J connectivity index is 0.000000486. The zero-order chi connectivity index (χ0) is 15.9. The molecule has 5 heteroatoms. The second-order valence-corrected chi connectivity index (χ2v) is 6.29. The van der Waals surface area contributed by atoms with Crippen LogP contribution in [0.4, 0.5) is 0 Å². The van der Waals surface area contributed by atoms with Crippen molar-refractivity contribution in [1.82, 2.24) is 14.1 Å². The summed E-state index contributed by atoms with van der Waals surface area (Å²) >= 11 is 6.99. The van der Waals surface area contributed by atoms with E-state index in [1.54, 1.807) is 0 Å². The highest BCUT2D eigenvalue weighted by atomic mass is 35.5. The van der Waals surface area contributed by atoms with Crippen LogP contribution in [0.2, 0.25) is 0 Å². The molecule has 0 aliphatic carbocycles. The van der Waals surface area contributed by atoms with Crippen molar-refractivity contribution in [3.63, 3.8) is 0 Å². The molecule has 3 nitrogen and oxygen atoms in total. The number of alkyl halides is 1. The van der Waals surface area contributed by atoms with E-state index in [2.05, 4.69) is 27.9 Å². The van der Waals surface area contributed by atoms with Gasteiger partial charge in [-0.3, -0.25) is 0 Å². The number of unbranched alkanes of at least 4 members (excludes halogenated alkanes) is 4. The molecule has 21 heavy (non-hydrogen) atoms. The summed E-state index contributed by atoms with van der Waals surface area (Å²) in [6.07, 6.45) is 9.12. The smallest absolute Gasteiger partial charge is 0.0815 e. The first-order valence-electron chi connectivity index (χ1n) is 8.20. The Morgan fingerprint density at radius 2 is 1.76 bits per heavy atom. The average Bonchev–Trinajstić information content (AvgIpc) is 2.91. The third-order valence-electron chi connectivity index (χ3n) is 3.42. The molecule has 1 rings (SSSR count). The Labute approximate surface area is 140 Å². The molecule has 0 aromatic carbocycles. The van der Waals surface area contributed by atoms with Gasteiger partial charge in [-0.25, -0.2) is 0 Å². The fraction of sp³-hybridized carbons (Fsp3) is 0.875. The van der Waals surface area contributed by atoms with Gasteiger partial charge >= 0.3 is 0 Å². The zero-order valence-corrected chi connectivity index (χ0v) is 15.7. The normalized spacial score (nSPS) is 11.9. The van der Waals surface area contributed by atoms with Crippen molar-refractivity contribution in [2.75, 3.05) is 19.5 Å². The van der Waals surface area contributed by atoms with Gasteiger partial charge in [0, 0.05) is 18.3 Å². The molecule has 1 aromatic rings. The van der Waals surface area contributed by atoms with Crippen molar-refractivity contribution in [2.45, 2.75) is 71.6 Å². The number of aromatic nitrogens is 2. The molecule has 124 valence electrons. The van der Waals surface area contributed by atoms with Gasteiger partial charge in [0.05, 0.1) is 23.1 Å². The lowest BCUT2D eigenvalue weighted by molar-refractivity contribution is 0.566. The van der Waals surface area contributed by atoms with E-state index in [0.717, 1.165) is 36.7 Å². The molecule has 0 fully saturated rings. The Morgan fingerprint density at radius 3 is 2.19 bits per heavy atom. The van der Waals surface area contributed by atoms with Gasteiger partial charge in [-0.2, -0.15) is 8.75 Å². The second-order valence-electron chi connectivity index (χ2n) is 5.38. The lowest BCUT2D eigenvalue weighted by Crippen LogP contribution is -2.18. The number of hydrogen-bond donors (Lipinski definition) is 1. The molecule has 0 saturated carbocycles. The number of halogens is 1. The third kappa shape index (κ3) is 10.2. The van der Waals surface area contributed by atoms with Crippen LogP contribution in [0.5, 0.6) is 0 Å². The highest BCUT2D eigenvalue weighted by molar-refractivity contribution is 6.99. The molecule has 0 saturated heterocycles. The molecule has 0 bridgehead atoms. The van der Waals surface area contributed by atoms with Gasteiger partial charge in [0.1, 0.15) is 0 Å². The van der Waals surface area contributed by atoms with E-state index in [9.17, 15) is 0 Å². The van der Waals surface area contributed by atoms with E-state index in [4.69, 9.17) is 11.6 Å². The molecule has 0 aliphatic rings. The highest BCUT2D eigenvalue weighted by Crippen LogP contribution is 2.22. The Morgan fingerprint density at radius 1 is 1.10 bits per heavy atom. The standard InChI is InChI=1S/C9H16ClN3S.C7H16/c1-7-9(13-14-12-7)8(6-11-2)4-3-5-10;1-3-5-7-6-4-2/h8,11H,3-6H2,1-2H3;3-7H2,1-2H3. The van der Waals surface area contributed by atoms with Crippen LogP contribution in [0.25, 0.3) is 0 Å². The van der Waals surface area contributed by atoms with Crippen molar-refractivity contribution >= 4 is 23.3 Å². The van der Waals surface area contributed by atoms with Crippen LogP contribution in [0.15, 0.2) is 0 Å². The third-order valence-corrected chi connectivity index (χ3v) is 4.32. The Hall–Kier alpha value is -0.190. The molecule has 1 unspecified atom stereocenters. The van der Waals surface area contributed by atoms with Crippen molar-refractivity contribution in [3.8, 4) is 0 Å². The summed E-state index contributed by atoms with van der Waals surface area (Å²) in [7, 11) is 1.96. The molecule has 0 spiro atoms. The quantitative estimate of drug-likeness (QED) is 0.475. The van der Waals surface area contributed by atoms with Crippen LogP contribution in [0.1, 0.15) is 76.1 Å². The number of aryl methyl sites for hydroxylation is 1. The summed E-state index contributed by atoms with van der Waals surface area (Å²) in [6.45, 7) is 7.46. The number of hydrogen-bond acceptors (Lipinski definition) is 4. The summed E-state index contributed by atoms with van der Waals surface area (Å²) in [5.41, 5.74) is 2.19. The minimum absolute atomic E-state index is 0.456. The van der Waals surface area contributed by atoms with Gasteiger partial charge in [0.2, 0.25) is 0 Å². The van der Waals surface area contributed by atoms with Crippen LogP contribution in [-0.4, -0.2) is 28.2 Å². The highest BCUT2D eigenvalue weighted by Gasteiger charge is 2.16. The molecule has 1 atom stereocenters. The largest absolute Gasteiger partial charge is 0.319 e. The van der Waals surface area contributed by atoms with Crippen LogP contribution >= 0.6 is 23.3 Å². The summed E-state index contributed by atoms with van der Waals surface area (Å²) < 4.78 is 8.53.